The highest BCUT2D eigenvalue weighted by Gasteiger charge is 2.04. The van der Waals surface area contributed by atoms with Crippen molar-refractivity contribution in [2.24, 2.45) is 0 Å². The van der Waals surface area contributed by atoms with Gasteiger partial charge in [0, 0.05) is 14.2 Å². The van der Waals surface area contributed by atoms with Crippen LogP contribution in [0.2, 0.25) is 0 Å². The predicted molar refractivity (Wildman–Crippen MR) is 33.1 cm³/mol. The first-order valence-electron chi connectivity index (χ1n) is 3.31. The van der Waals surface area contributed by atoms with Crippen LogP contribution in [0.3, 0.4) is 0 Å². The molecule has 50 valence electrons. The molecule has 9 heavy (non-hydrogen) atoms. The number of hydrogen-bond donors (Lipinski definition) is 0. The van der Waals surface area contributed by atoms with Gasteiger partial charge in [-0.1, -0.05) is 13.8 Å². The summed E-state index contributed by atoms with van der Waals surface area (Å²) in [5, 5.41) is 7.33. The SMILES string of the molecule is [2H]C(C)(C)c1nnc(C)o1. The zero-order chi connectivity index (χ0) is 7.78. The lowest BCUT2D eigenvalue weighted by Crippen LogP contribution is -1.85. The summed E-state index contributed by atoms with van der Waals surface area (Å²) in [5.41, 5.74) is 0. The second kappa shape index (κ2) is 2.17. The third kappa shape index (κ3) is 1.28. The predicted octanol–water partition coefficient (Wildman–Crippen LogP) is 1.50. The average molecular weight is 127 g/mol. The van der Waals surface area contributed by atoms with Crippen LogP contribution in [0.25, 0.3) is 0 Å². The molecule has 0 saturated carbocycles. The Morgan fingerprint density at radius 1 is 1.56 bits per heavy atom. The summed E-state index contributed by atoms with van der Waals surface area (Å²) in [7, 11) is 0. The maximum Gasteiger partial charge on any atom is 0.219 e. The molecule has 1 aromatic heterocycles. The Morgan fingerprint density at radius 2 is 2.22 bits per heavy atom. The molecule has 0 radical (unpaired) electrons. The standard InChI is InChI=1S/C6H10N2O/c1-4(2)6-8-7-5(3)9-6/h4H,1-3H3/i4D. The molecule has 0 saturated heterocycles. The molecule has 0 bridgehead atoms. The minimum atomic E-state index is -0.777. The van der Waals surface area contributed by atoms with E-state index in [1.807, 2.05) is 0 Å². The Balaban J connectivity index is 2.96. The van der Waals surface area contributed by atoms with Crippen molar-refractivity contribution >= 4 is 0 Å². The van der Waals surface area contributed by atoms with Crippen molar-refractivity contribution in [2.75, 3.05) is 0 Å². The van der Waals surface area contributed by atoms with Crippen LogP contribution in [-0.4, -0.2) is 10.2 Å². The maximum absolute atomic E-state index is 7.49. The van der Waals surface area contributed by atoms with Gasteiger partial charge in [0.2, 0.25) is 11.8 Å². The van der Waals surface area contributed by atoms with Gasteiger partial charge in [0.05, 0.1) is 0 Å². The third-order valence-corrected chi connectivity index (χ3v) is 0.954. The van der Waals surface area contributed by atoms with Crippen molar-refractivity contribution in [3.63, 3.8) is 0 Å². The molecule has 1 heterocycles. The van der Waals surface area contributed by atoms with Crippen molar-refractivity contribution in [1.29, 1.82) is 0 Å². The lowest BCUT2D eigenvalue weighted by molar-refractivity contribution is 0.448. The second-order valence-electron chi connectivity index (χ2n) is 2.13. The molecule has 0 atom stereocenters. The molecular formula is C6H10N2O. The molecule has 0 spiro atoms. The van der Waals surface area contributed by atoms with Crippen molar-refractivity contribution in [1.82, 2.24) is 10.2 Å². The molecule has 0 aliphatic rings. The number of nitrogens with zero attached hydrogens (tertiary/aromatic N) is 2. The number of rotatable bonds is 1. The molecule has 1 rings (SSSR count). The largest absolute Gasteiger partial charge is 0.425 e. The molecule has 1 aromatic rings. The molecule has 0 N–H and O–H groups in total. The molecule has 0 fully saturated rings. The number of aryl methyl sites for hydroxylation is 1. The van der Waals surface area contributed by atoms with E-state index in [1.54, 1.807) is 20.8 Å². The summed E-state index contributed by atoms with van der Waals surface area (Å²) in [6.07, 6.45) is 0. The smallest absolute Gasteiger partial charge is 0.219 e. The summed E-state index contributed by atoms with van der Waals surface area (Å²) in [5.74, 6) is 0.0988. The van der Waals surface area contributed by atoms with E-state index in [-0.39, 0.29) is 0 Å². The van der Waals surface area contributed by atoms with Gasteiger partial charge < -0.3 is 4.42 Å². The average Bonchev–Trinajstić information content (AvgIpc) is 2.11. The van der Waals surface area contributed by atoms with Gasteiger partial charge in [-0.25, -0.2) is 0 Å². The van der Waals surface area contributed by atoms with E-state index < -0.39 is 5.89 Å². The maximum atomic E-state index is 7.49. The van der Waals surface area contributed by atoms with E-state index in [4.69, 9.17) is 5.79 Å². The van der Waals surface area contributed by atoms with Crippen LogP contribution in [0, 0.1) is 6.92 Å². The first-order chi connectivity index (χ1) is 4.50. The minimum Gasteiger partial charge on any atom is -0.425 e. The molecular weight excluding hydrogens is 116 g/mol. The quantitative estimate of drug-likeness (QED) is 0.573. The van der Waals surface area contributed by atoms with Crippen LogP contribution >= 0.6 is 0 Å². The third-order valence-electron chi connectivity index (χ3n) is 0.954. The van der Waals surface area contributed by atoms with E-state index in [1.165, 1.54) is 0 Å². The molecule has 0 aromatic carbocycles. The minimum absolute atomic E-state index is 0.366. The molecule has 3 heteroatoms. The fourth-order valence-corrected chi connectivity index (χ4v) is 0.499. The summed E-state index contributed by atoms with van der Waals surface area (Å²) < 4.78 is 12.5. The van der Waals surface area contributed by atoms with Crippen LogP contribution in [0.4, 0.5) is 0 Å². The van der Waals surface area contributed by atoms with E-state index in [0.29, 0.717) is 11.8 Å². The van der Waals surface area contributed by atoms with Crippen molar-refractivity contribution in [3.8, 4) is 0 Å². The lowest BCUT2D eigenvalue weighted by atomic mass is 10.2. The fraction of sp³-hybridized carbons (Fsp3) is 0.667. The van der Waals surface area contributed by atoms with Gasteiger partial charge in [-0.15, -0.1) is 10.2 Å². The molecule has 0 aliphatic heterocycles. The molecule has 0 aliphatic carbocycles. The Bertz CT molecular complexity index is 226. The van der Waals surface area contributed by atoms with E-state index in [9.17, 15) is 0 Å². The Morgan fingerprint density at radius 3 is 2.44 bits per heavy atom. The monoisotopic (exact) mass is 127 g/mol. The summed E-state index contributed by atoms with van der Waals surface area (Å²) in [4.78, 5) is 0. The molecule has 3 nitrogen and oxygen atoms in total. The Hall–Kier alpha value is -0.860. The molecule has 0 amide bonds. The Kier molecular flexibility index (Phi) is 1.20. The molecule has 0 unspecified atom stereocenters. The highest BCUT2D eigenvalue weighted by Crippen LogP contribution is 2.10. The van der Waals surface area contributed by atoms with Gasteiger partial charge in [-0.2, -0.15) is 0 Å². The van der Waals surface area contributed by atoms with Crippen LogP contribution in [0.15, 0.2) is 4.42 Å². The van der Waals surface area contributed by atoms with Gasteiger partial charge in [0.25, 0.3) is 0 Å². The van der Waals surface area contributed by atoms with Gasteiger partial charge in [0.15, 0.2) is 0 Å². The van der Waals surface area contributed by atoms with E-state index >= 15 is 0 Å². The van der Waals surface area contributed by atoms with Crippen molar-refractivity contribution in [2.45, 2.75) is 26.7 Å². The van der Waals surface area contributed by atoms with E-state index in [2.05, 4.69) is 10.2 Å². The Labute approximate surface area is 55.5 Å². The van der Waals surface area contributed by atoms with Crippen LogP contribution < -0.4 is 0 Å². The summed E-state index contributed by atoms with van der Waals surface area (Å²) in [6.45, 7) is 5.13. The van der Waals surface area contributed by atoms with Crippen molar-refractivity contribution in [3.05, 3.63) is 11.8 Å². The van der Waals surface area contributed by atoms with Gasteiger partial charge in [-0.05, 0) is 0 Å². The highest BCUT2D eigenvalue weighted by atomic mass is 16.4. The zero-order valence-electron chi connectivity index (χ0n) is 6.80. The summed E-state index contributed by atoms with van der Waals surface area (Å²) in [6, 6.07) is 0. The van der Waals surface area contributed by atoms with Crippen LogP contribution in [0.1, 0.15) is 32.9 Å². The van der Waals surface area contributed by atoms with E-state index in [0.717, 1.165) is 0 Å². The van der Waals surface area contributed by atoms with Crippen molar-refractivity contribution < 1.29 is 5.79 Å². The first kappa shape index (κ1) is 4.97. The normalized spacial score (nSPS) is 13.4. The number of hydrogen-bond acceptors (Lipinski definition) is 3. The highest BCUT2D eigenvalue weighted by molar-refractivity contribution is 4.84. The van der Waals surface area contributed by atoms with Gasteiger partial charge >= 0.3 is 0 Å². The topological polar surface area (TPSA) is 38.9 Å². The number of aromatic nitrogens is 2. The van der Waals surface area contributed by atoms with Crippen LogP contribution in [0.5, 0.6) is 0 Å². The van der Waals surface area contributed by atoms with Gasteiger partial charge in [0.1, 0.15) is 0 Å². The first-order valence-corrected chi connectivity index (χ1v) is 2.81. The summed E-state index contributed by atoms with van der Waals surface area (Å²) >= 11 is 0. The second-order valence-corrected chi connectivity index (χ2v) is 2.13. The zero-order valence-corrected chi connectivity index (χ0v) is 5.80. The van der Waals surface area contributed by atoms with Crippen LogP contribution in [-0.2, 0) is 0 Å². The fourth-order valence-electron chi connectivity index (χ4n) is 0.499. The van der Waals surface area contributed by atoms with Gasteiger partial charge in [-0.3, -0.25) is 0 Å². The lowest BCUT2D eigenvalue weighted by Gasteiger charge is -1.92.